The molecule has 0 aliphatic heterocycles. The highest BCUT2D eigenvalue weighted by Crippen LogP contribution is 2.28. The number of nitrogens with zero attached hydrogens (tertiary/aromatic N) is 1. The SMILES string of the molecule is CN(CC1CC(O)C1)C(=O)c1ccccc1CCN. The minimum atomic E-state index is -0.168. The molecule has 1 aliphatic rings. The molecule has 0 radical (unpaired) electrons. The molecule has 1 saturated carbocycles. The zero-order valence-electron chi connectivity index (χ0n) is 11.4. The molecule has 0 aromatic heterocycles. The summed E-state index contributed by atoms with van der Waals surface area (Å²) in [5.74, 6) is 0.482. The Morgan fingerprint density at radius 3 is 2.74 bits per heavy atom. The fourth-order valence-corrected chi connectivity index (χ4v) is 2.63. The third-order valence-corrected chi connectivity index (χ3v) is 3.75. The van der Waals surface area contributed by atoms with Crippen LogP contribution in [0.15, 0.2) is 24.3 Å². The molecule has 19 heavy (non-hydrogen) atoms. The van der Waals surface area contributed by atoms with E-state index in [4.69, 9.17) is 5.73 Å². The minimum Gasteiger partial charge on any atom is -0.393 e. The van der Waals surface area contributed by atoms with Gasteiger partial charge in [0.25, 0.3) is 5.91 Å². The van der Waals surface area contributed by atoms with Crippen molar-refractivity contribution in [1.29, 1.82) is 0 Å². The Bertz CT molecular complexity index is 442. The summed E-state index contributed by atoms with van der Waals surface area (Å²) in [5.41, 5.74) is 7.34. The van der Waals surface area contributed by atoms with Gasteiger partial charge in [-0.15, -0.1) is 0 Å². The van der Waals surface area contributed by atoms with Crippen molar-refractivity contribution >= 4 is 5.91 Å². The summed E-state index contributed by atoms with van der Waals surface area (Å²) in [7, 11) is 1.83. The van der Waals surface area contributed by atoms with Gasteiger partial charge in [0.2, 0.25) is 0 Å². The normalized spacial score (nSPS) is 21.8. The molecule has 1 aliphatic carbocycles. The number of amides is 1. The van der Waals surface area contributed by atoms with Gasteiger partial charge in [-0.2, -0.15) is 0 Å². The van der Waals surface area contributed by atoms with Crippen LogP contribution >= 0.6 is 0 Å². The Kier molecular flexibility index (Phi) is 4.56. The first-order valence-electron chi connectivity index (χ1n) is 6.83. The number of carbonyl (C=O) groups excluding carboxylic acids is 1. The molecule has 0 unspecified atom stereocenters. The molecule has 0 saturated heterocycles. The van der Waals surface area contributed by atoms with Crippen molar-refractivity contribution in [3.63, 3.8) is 0 Å². The van der Waals surface area contributed by atoms with Crippen molar-refractivity contribution in [2.75, 3.05) is 20.1 Å². The van der Waals surface area contributed by atoms with Gasteiger partial charge in [0.05, 0.1) is 6.10 Å². The van der Waals surface area contributed by atoms with Crippen LogP contribution in [0.3, 0.4) is 0 Å². The van der Waals surface area contributed by atoms with E-state index in [1.165, 1.54) is 0 Å². The fourth-order valence-electron chi connectivity index (χ4n) is 2.63. The Balaban J connectivity index is 2.01. The van der Waals surface area contributed by atoms with Crippen LogP contribution in [-0.2, 0) is 6.42 Å². The first kappa shape index (κ1) is 14.0. The predicted molar refractivity (Wildman–Crippen MR) is 74.9 cm³/mol. The quantitative estimate of drug-likeness (QED) is 0.833. The molecule has 104 valence electrons. The van der Waals surface area contributed by atoms with Gasteiger partial charge in [-0.3, -0.25) is 4.79 Å². The van der Waals surface area contributed by atoms with Gasteiger partial charge < -0.3 is 15.7 Å². The number of rotatable bonds is 5. The highest BCUT2D eigenvalue weighted by molar-refractivity contribution is 5.95. The lowest BCUT2D eigenvalue weighted by Crippen LogP contribution is -2.39. The van der Waals surface area contributed by atoms with Gasteiger partial charge in [-0.05, 0) is 43.4 Å². The van der Waals surface area contributed by atoms with Crippen molar-refractivity contribution in [3.05, 3.63) is 35.4 Å². The molecule has 3 N–H and O–H groups in total. The van der Waals surface area contributed by atoms with Crippen molar-refractivity contribution < 1.29 is 9.90 Å². The fraction of sp³-hybridized carbons (Fsp3) is 0.533. The summed E-state index contributed by atoms with van der Waals surface area (Å²) in [6.45, 7) is 1.26. The molecule has 1 aromatic carbocycles. The first-order valence-corrected chi connectivity index (χ1v) is 6.83. The average molecular weight is 262 g/mol. The van der Waals surface area contributed by atoms with E-state index < -0.39 is 0 Å². The summed E-state index contributed by atoms with van der Waals surface area (Å²) >= 11 is 0. The molecule has 1 aromatic rings. The first-order chi connectivity index (χ1) is 9.11. The average Bonchev–Trinajstić information content (AvgIpc) is 2.37. The van der Waals surface area contributed by atoms with E-state index in [-0.39, 0.29) is 12.0 Å². The maximum atomic E-state index is 12.4. The molecule has 0 bridgehead atoms. The van der Waals surface area contributed by atoms with E-state index in [1.807, 2.05) is 31.3 Å². The van der Waals surface area contributed by atoms with E-state index in [1.54, 1.807) is 4.90 Å². The molecular formula is C15H22N2O2. The molecule has 2 rings (SSSR count). The van der Waals surface area contributed by atoms with Crippen LogP contribution in [0.5, 0.6) is 0 Å². The van der Waals surface area contributed by atoms with Crippen LogP contribution in [0.2, 0.25) is 0 Å². The van der Waals surface area contributed by atoms with E-state index in [0.29, 0.717) is 19.0 Å². The van der Waals surface area contributed by atoms with E-state index in [2.05, 4.69) is 0 Å². The topological polar surface area (TPSA) is 66.6 Å². The third-order valence-electron chi connectivity index (χ3n) is 3.75. The number of carbonyl (C=O) groups is 1. The summed E-state index contributed by atoms with van der Waals surface area (Å²) in [4.78, 5) is 14.2. The molecular weight excluding hydrogens is 240 g/mol. The van der Waals surface area contributed by atoms with Gasteiger partial charge in [0, 0.05) is 19.2 Å². The number of aliphatic hydroxyl groups excluding tert-OH is 1. The Morgan fingerprint density at radius 2 is 2.11 bits per heavy atom. The lowest BCUT2D eigenvalue weighted by molar-refractivity contribution is 0.0265. The van der Waals surface area contributed by atoms with Crippen LogP contribution in [0.1, 0.15) is 28.8 Å². The number of benzene rings is 1. The van der Waals surface area contributed by atoms with Crippen molar-refractivity contribution in [2.45, 2.75) is 25.4 Å². The van der Waals surface area contributed by atoms with Crippen molar-refractivity contribution in [3.8, 4) is 0 Å². The summed E-state index contributed by atoms with van der Waals surface area (Å²) in [6, 6.07) is 7.64. The van der Waals surface area contributed by atoms with E-state index >= 15 is 0 Å². The third kappa shape index (κ3) is 3.33. The maximum absolute atomic E-state index is 12.4. The monoisotopic (exact) mass is 262 g/mol. The summed E-state index contributed by atoms with van der Waals surface area (Å²) in [5, 5.41) is 9.28. The van der Waals surface area contributed by atoms with Crippen molar-refractivity contribution in [1.82, 2.24) is 4.90 Å². The smallest absolute Gasteiger partial charge is 0.253 e. The minimum absolute atomic E-state index is 0.0467. The molecule has 1 fully saturated rings. The molecule has 1 amide bonds. The van der Waals surface area contributed by atoms with E-state index in [0.717, 1.165) is 30.4 Å². The van der Waals surface area contributed by atoms with Gasteiger partial charge in [0.15, 0.2) is 0 Å². The Morgan fingerprint density at radius 1 is 1.42 bits per heavy atom. The van der Waals surface area contributed by atoms with Crippen LogP contribution in [0.25, 0.3) is 0 Å². The summed E-state index contributed by atoms with van der Waals surface area (Å²) in [6.07, 6.45) is 2.17. The lowest BCUT2D eigenvalue weighted by atomic mass is 9.82. The molecule has 4 nitrogen and oxygen atoms in total. The largest absolute Gasteiger partial charge is 0.393 e. The van der Waals surface area contributed by atoms with E-state index in [9.17, 15) is 9.90 Å². The highest BCUT2D eigenvalue weighted by Gasteiger charge is 2.29. The zero-order chi connectivity index (χ0) is 13.8. The second-order valence-electron chi connectivity index (χ2n) is 5.37. The lowest BCUT2D eigenvalue weighted by Gasteiger charge is -2.34. The van der Waals surface area contributed by atoms with Crippen LogP contribution < -0.4 is 5.73 Å². The molecule has 0 atom stereocenters. The Labute approximate surface area is 114 Å². The second kappa shape index (κ2) is 6.17. The molecule has 4 heteroatoms. The predicted octanol–water partition coefficient (Wildman–Crippen LogP) is 1.03. The highest BCUT2D eigenvalue weighted by atomic mass is 16.3. The second-order valence-corrected chi connectivity index (χ2v) is 5.37. The standard InChI is InChI=1S/C15H22N2O2/c1-17(10-11-8-13(18)9-11)15(19)14-5-3-2-4-12(14)6-7-16/h2-5,11,13,18H,6-10,16H2,1H3. The van der Waals surface area contributed by atoms with Crippen LogP contribution in [-0.4, -0.2) is 42.2 Å². The molecule has 0 heterocycles. The maximum Gasteiger partial charge on any atom is 0.253 e. The van der Waals surface area contributed by atoms with Crippen LogP contribution in [0, 0.1) is 5.92 Å². The van der Waals surface area contributed by atoms with Crippen molar-refractivity contribution in [2.24, 2.45) is 11.7 Å². The molecule has 0 spiro atoms. The number of nitrogens with two attached hydrogens (primary N) is 1. The van der Waals surface area contributed by atoms with Gasteiger partial charge in [-0.25, -0.2) is 0 Å². The zero-order valence-corrected chi connectivity index (χ0v) is 11.4. The number of hydrogen-bond acceptors (Lipinski definition) is 3. The van der Waals surface area contributed by atoms with Gasteiger partial charge in [-0.1, -0.05) is 18.2 Å². The van der Waals surface area contributed by atoms with Gasteiger partial charge in [0.1, 0.15) is 0 Å². The van der Waals surface area contributed by atoms with Gasteiger partial charge >= 0.3 is 0 Å². The number of aliphatic hydroxyl groups is 1. The number of hydrogen-bond donors (Lipinski definition) is 2. The summed E-state index contributed by atoms with van der Waals surface area (Å²) < 4.78 is 0. The Hall–Kier alpha value is -1.39. The van der Waals surface area contributed by atoms with Crippen LogP contribution in [0.4, 0.5) is 0 Å².